The number of rotatable bonds is 34. The fourth-order valence-corrected chi connectivity index (χ4v) is 7.66. The maximum absolute atomic E-state index is 13.3. The lowest BCUT2D eigenvalue weighted by atomic mass is 9.89. The van der Waals surface area contributed by atoms with Crippen molar-refractivity contribution in [2.24, 2.45) is 35.1 Å². The van der Waals surface area contributed by atoms with Gasteiger partial charge in [-0.2, -0.15) is 0 Å². The molecule has 0 radical (unpaired) electrons. The van der Waals surface area contributed by atoms with Crippen LogP contribution in [0.3, 0.4) is 0 Å². The molecule has 26 nitrogen and oxygen atoms in total. The summed E-state index contributed by atoms with van der Waals surface area (Å²) in [5.74, 6) is -6.76. The Bertz CT molecular complexity index is 2550. The molecule has 3 aromatic carbocycles. The van der Waals surface area contributed by atoms with Gasteiger partial charge in [-0.15, -0.1) is 0 Å². The average molecular weight is 1140 g/mol. The van der Waals surface area contributed by atoms with E-state index in [4.69, 9.17) is 30.4 Å². The van der Waals surface area contributed by atoms with Gasteiger partial charge < -0.3 is 82.0 Å². The summed E-state index contributed by atoms with van der Waals surface area (Å²) in [5, 5.41) is 35.7. The van der Waals surface area contributed by atoms with Crippen molar-refractivity contribution in [3.05, 3.63) is 83.4 Å². The molecule has 3 aromatic rings. The first-order chi connectivity index (χ1) is 38.5. The minimum absolute atomic E-state index is 0.0329. The van der Waals surface area contributed by atoms with Gasteiger partial charge in [0.25, 0.3) is 0 Å². The molecule has 3 rings (SSSR count). The highest BCUT2D eigenvalue weighted by molar-refractivity contribution is 6.00. The summed E-state index contributed by atoms with van der Waals surface area (Å²) in [5.41, 5.74) is 11.2. The Morgan fingerprint density at radius 2 is 1.01 bits per heavy atom. The SMILES string of the molecule is COC(=O)c1ccc(NC(=O)[C@H](CCCNC(N)=O)CC(=O)[C@@H](NC(=O)OCc2ccccc2)C(C)C)cc1O.COCCOCCOCC(=O)N[C@H](C(=O)C[C@@H](CCCNC(N)=O)C(=O)Nc1ccc(C(=O)OC)c(O)c1)C(C)C. The van der Waals surface area contributed by atoms with Crippen molar-refractivity contribution in [3.63, 3.8) is 0 Å². The number of hydrogen-bond acceptors (Lipinski definition) is 18. The minimum Gasteiger partial charge on any atom is -0.507 e. The number of ether oxygens (including phenoxy) is 6. The van der Waals surface area contributed by atoms with E-state index in [1.54, 1.807) is 46.9 Å². The van der Waals surface area contributed by atoms with Gasteiger partial charge in [-0.3, -0.25) is 24.0 Å². The number of methoxy groups -OCH3 is 3. The number of nitrogens with one attached hydrogen (secondary N) is 6. The zero-order chi connectivity index (χ0) is 60.4. The zero-order valence-electron chi connectivity index (χ0n) is 46.8. The number of anilines is 2. The van der Waals surface area contributed by atoms with Crippen LogP contribution in [0.15, 0.2) is 66.7 Å². The molecule has 0 spiro atoms. The number of nitrogens with two attached hydrogens (primary N) is 2. The van der Waals surface area contributed by atoms with Crippen molar-refractivity contribution in [3.8, 4) is 11.5 Å². The number of amides is 8. The van der Waals surface area contributed by atoms with Crippen LogP contribution in [0.5, 0.6) is 11.5 Å². The maximum Gasteiger partial charge on any atom is 0.408 e. The molecule has 0 bridgehead atoms. The number of aromatic hydroxyl groups is 2. The van der Waals surface area contributed by atoms with E-state index in [9.17, 15) is 58.2 Å². The van der Waals surface area contributed by atoms with E-state index >= 15 is 0 Å². The highest BCUT2D eigenvalue weighted by Gasteiger charge is 2.32. The number of urea groups is 2. The van der Waals surface area contributed by atoms with E-state index in [0.29, 0.717) is 26.1 Å². The normalized spacial score (nSPS) is 12.2. The minimum atomic E-state index is -0.911. The molecule has 0 aliphatic rings. The Morgan fingerprint density at radius 1 is 0.568 bits per heavy atom. The molecule has 0 unspecified atom stereocenters. The van der Waals surface area contributed by atoms with E-state index in [1.165, 1.54) is 50.6 Å². The predicted molar refractivity (Wildman–Crippen MR) is 295 cm³/mol. The number of Topliss-reactive ketones (excluding diaryl/α,β-unsaturated/α-hetero) is 2. The van der Waals surface area contributed by atoms with Gasteiger partial charge in [0.15, 0.2) is 11.6 Å². The molecule has 4 atom stereocenters. The average Bonchev–Trinajstić information content (AvgIpc) is 3.44. The van der Waals surface area contributed by atoms with Gasteiger partial charge in [-0.25, -0.2) is 24.0 Å². The van der Waals surface area contributed by atoms with Gasteiger partial charge in [0.1, 0.15) is 35.8 Å². The molecule has 0 saturated carbocycles. The second-order valence-corrected chi connectivity index (χ2v) is 18.9. The molecular formula is C55H78N8O18. The molecule has 26 heteroatoms. The highest BCUT2D eigenvalue weighted by atomic mass is 16.6. The van der Waals surface area contributed by atoms with Gasteiger partial charge in [-0.1, -0.05) is 58.0 Å². The van der Waals surface area contributed by atoms with Crippen LogP contribution in [0.4, 0.5) is 25.8 Å². The van der Waals surface area contributed by atoms with Crippen molar-refractivity contribution < 1.29 is 86.6 Å². The molecule has 81 heavy (non-hydrogen) atoms. The van der Waals surface area contributed by atoms with Crippen LogP contribution in [0, 0.1) is 23.7 Å². The van der Waals surface area contributed by atoms with Crippen LogP contribution < -0.4 is 43.4 Å². The second-order valence-electron chi connectivity index (χ2n) is 18.9. The smallest absolute Gasteiger partial charge is 0.408 e. The van der Waals surface area contributed by atoms with E-state index in [0.717, 1.165) is 5.56 Å². The number of ketones is 2. The summed E-state index contributed by atoms with van der Waals surface area (Å²) >= 11 is 0. The Labute approximate surface area is 470 Å². The lowest BCUT2D eigenvalue weighted by Gasteiger charge is -2.24. The molecule has 0 fully saturated rings. The highest BCUT2D eigenvalue weighted by Crippen LogP contribution is 2.27. The third-order valence-electron chi connectivity index (χ3n) is 11.9. The van der Waals surface area contributed by atoms with E-state index in [1.807, 2.05) is 18.2 Å². The molecule has 446 valence electrons. The summed E-state index contributed by atoms with van der Waals surface area (Å²) in [6, 6.07) is 13.7. The monoisotopic (exact) mass is 1140 g/mol. The summed E-state index contributed by atoms with van der Waals surface area (Å²) < 4.78 is 29.9. The lowest BCUT2D eigenvalue weighted by Crippen LogP contribution is -2.47. The molecule has 0 saturated heterocycles. The lowest BCUT2D eigenvalue weighted by molar-refractivity contribution is -0.133. The number of phenols is 2. The number of carbonyl (C=O) groups is 10. The molecule has 0 heterocycles. The van der Waals surface area contributed by atoms with Crippen molar-refractivity contribution in [1.82, 2.24) is 21.3 Å². The van der Waals surface area contributed by atoms with E-state index in [2.05, 4.69) is 41.4 Å². The first-order valence-electron chi connectivity index (χ1n) is 26.0. The predicted octanol–water partition coefficient (Wildman–Crippen LogP) is 4.05. The van der Waals surface area contributed by atoms with Gasteiger partial charge in [-0.05, 0) is 67.3 Å². The van der Waals surface area contributed by atoms with Gasteiger partial charge in [0.05, 0.1) is 52.7 Å². The molecule has 12 N–H and O–H groups in total. The van der Waals surface area contributed by atoms with Crippen LogP contribution in [-0.4, -0.2) is 149 Å². The van der Waals surface area contributed by atoms with Gasteiger partial charge >= 0.3 is 30.1 Å². The Balaban J connectivity index is 0.000000553. The number of benzene rings is 3. The van der Waals surface area contributed by atoms with Crippen LogP contribution in [0.25, 0.3) is 0 Å². The molecule has 0 aliphatic heterocycles. The second kappa shape index (κ2) is 37.5. The van der Waals surface area contributed by atoms with Crippen LogP contribution in [0.1, 0.15) is 92.5 Å². The quantitative estimate of drug-likeness (QED) is 0.0229. The summed E-state index contributed by atoms with van der Waals surface area (Å²) in [6.45, 7) is 8.54. The Hall–Kier alpha value is -8.36. The first-order valence-corrected chi connectivity index (χ1v) is 26.0. The van der Waals surface area contributed by atoms with Crippen LogP contribution in [-0.2, 0) is 59.0 Å². The van der Waals surface area contributed by atoms with Gasteiger partial charge in [0.2, 0.25) is 17.7 Å². The number of hydrogen-bond donors (Lipinski definition) is 10. The topological polar surface area (TPSA) is 391 Å². The number of esters is 2. The Kier molecular flexibility index (Phi) is 31.8. The van der Waals surface area contributed by atoms with Crippen LogP contribution >= 0.6 is 0 Å². The third kappa shape index (κ3) is 26.9. The maximum atomic E-state index is 13.3. The fraction of sp³-hybridized carbons (Fsp3) is 0.491. The number of primary amides is 2. The standard InChI is InChI=1S/C28H36N4O8.C27H42N4O10/c1-17(2)24(32-28(38)40-16-18-8-5-4-6-9-18)23(34)14-19(10-7-13-30-27(29)37)25(35)31-20-11-12-21(22(33)15-20)26(36)39-3;1-17(2)24(31-23(34)16-41-13-12-40-11-10-38-3)22(33)14-18(6-5-9-29-27(28)37)25(35)30-19-7-8-20(21(32)15-19)26(36)39-4/h4-6,8-9,11-12,15,17,19,24,33H,7,10,13-14,16H2,1-3H3,(H,31,35)(H,32,38)(H3,29,30,37);7-8,15,17-18,24,32H,5-6,9-14,16H2,1-4H3,(H,30,35)(H,31,34)(H3,28,29,37)/t19-,24+;18-,24+/m11/s1. The van der Waals surface area contributed by atoms with Crippen molar-refractivity contribution >= 4 is 70.8 Å². The number of carbonyl (C=O) groups excluding carboxylic acids is 10. The van der Waals surface area contributed by atoms with Crippen molar-refractivity contribution in [2.75, 3.05) is 78.1 Å². The largest absolute Gasteiger partial charge is 0.507 e. The van der Waals surface area contributed by atoms with Crippen LogP contribution in [0.2, 0.25) is 0 Å². The Morgan fingerprint density at radius 3 is 1.43 bits per heavy atom. The number of alkyl carbamates (subject to hydrolysis) is 1. The molecule has 0 aliphatic carbocycles. The molecular weight excluding hydrogens is 1060 g/mol. The van der Waals surface area contributed by atoms with Crippen molar-refractivity contribution in [1.29, 1.82) is 0 Å². The zero-order valence-corrected chi connectivity index (χ0v) is 46.8. The summed E-state index contributed by atoms with van der Waals surface area (Å²) in [4.78, 5) is 123. The molecule has 8 amide bonds. The van der Waals surface area contributed by atoms with E-state index < -0.39 is 71.7 Å². The fourth-order valence-electron chi connectivity index (χ4n) is 7.66. The summed E-state index contributed by atoms with van der Waals surface area (Å²) in [6.07, 6.45) is -0.0478. The van der Waals surface area contributed by atoms with Crippen molar-refractivity contribution in [2.45, 2.75) is 84.9 Å². The van der Waals surface area contributed by atoms with E-state index in [-0.39, 0.29) is 123 Å². The number of phenolic OH excluding ortho intramolecular Hbond substituents is 2. The third-order valence-corrected chi connectivity index (χ3v) is 11.9. The first kappa shape index (κ1) is 68.7. The van der Waals surface area contributed by atoms with Gasteiger partial charge in [0, 0.05) is 68.4 Å². The molecule has 0 aromatic heterocycles. The summed E-state index contributed by atoms with van der Waals surface area (Å²) in [7, 11) is 3.91.